The van der Waals surface area contributed by atoms with Crippen molar-refractivity contribution in [1.29, 1.82) is 0 Å². The van der Waals surface area contributed by atoms with Gasteiger partial charge in [-0.25, -0.2) is 0 Å². The van der Waals surface area contributed by atoms with Gasteiger partial charge in [0, 0.05) is 31.0 Å². The largest absolute Gasteiger partial charge is 0.430 e. The van der Waals surface area contributed by atoms with E-state index in [-0.39, 0.29) is 5.69 Å². The smallest absolute Gasteiger partial charge is 0.378 e. The van der Waals surface area contributed by atoms with Crippen LogP contribution in [0.15, 0.2) is 18.2 Å². The number of amides is 1. The minimum absolute atomic E-state index is 0.0222. The number of hydrogen-bond donors (Lipinski definition) is 2. The average Bonchev–Trinajstić information content (AvgIpc) is 2.51. The van der Waals surface area contributed by atoms with Gasteiger partial charge in [0.25, 0.3) is 11.5 Å². The van der Waals surface area contributed by atoms with Crippen LogP contribution < -0.4 is 10.2 Å². The topological polar surface area (TPSA) is 52.6 Å². The number of alkyl halides is 3. The number of aliphatic hydroxyl groups is 1. The van der Waals surface area contributed by atoms with Gasteiger partial charge in [-0.3, -0.25) is 4.79 Å². The second kappa shape index (κ2) is 3.61. The van der Waals surface area contributed by atoms with Crippen LogP contribution in [0.2, 0.25) is 0 Å². The Morgan fingerprint density at radius 1 is 1.33 bits per heavy atom. The van der Waals surface area contributed by atoms with Crippen LogP contribution >= 0.6 is 0 Å². The number of nitrogens with one attached hydrogen (secondary N) is 1. The molecule has 0 radical (unpaired) electrons. The maximum absolute atomic E-state index is 12.8. The van der Waals surface area contributed by atoms with Gasteiger partial charge < -0.3 is 15.3 Å². The lowest BCUT2D eigenvalue weighted by Crippen LogP contribution is -2.47. The van der Waals surface area contributed by atoms with Gasteiger partial charge in [0.1, 0.15) is 0 Å². The minimum atomic E-state index is -5.05. The van der Waals surface area contributed by atoms with E-state index in [2.05, 4.69) is 5.32 Å². The van der Waals surface area contributed by atoms with E-state index < -0.39 is 23.2 Å². The van der Waals surface area contributed by atoms with Crippen LogP contribution in [-0.4, -0.2) is 31.3 Å². The van der Waals surface area contributed by atoms with Crippen molar-refractivity contribution in [2.75, 3.05) is 24.3 Å². The Bertz CT molecular complexity index is 514. The number of nitrogens with zero attached hydrogens (tertiary/aromatic N) is 1. The summed E-state index contributed by atoms with van der Waals surface area (Å²) in [5.74, 6) is -1.47. The number of halogens is 3. The predicted molar refractivity (Wildman–Crippen MR) is 59.4 cm³/mol. The third-order valence-corrected chi connectivity index (χ3v) is 2.90. The molecule has 1 heterocycles. The van der Waals surface area contributed by atoms with E-state index >= 15 is 0 Å². The number of carbonyl (C=O) groups excluding carboxylic acids is 1. The lowest BCUT2D eigenvalue weighted by molar-refractivity contribution is -0.252. The molecule has 2 N–H and O–H groups in total. The second-order valence-corrected chi connectivity index (χ2v) is 4.29. The van der Waals surface area contributed by atoms with Gasteiger partial charge in [0.05, 0.1) is 0 Å². The van der Waals surface area contributed by atoms with Gasteiger partial charge >= 0.3 is 6.18 Å². The Hall–Kier alpha value is -1.76. The number of benzene rings is 1. The van der Waals surface area contributed by atoms with Crippen LogP contribution in [0.4, 0.5) is 24.5 Å². The minimum Gasteiger partial charge on any atom is -0.378 e. The number of hydrogen-bond acceptors (Lipinski definition) is 3. The molecule has 4 nitrogen and oxygen atoms in total. The molecule has 1 aliphatic rings. The fourth-order valence-corrected chi connectivity index (χ4v) is 1.85. The van der Waals surface area contributed by atoms with E-state index in [9.17, 15) is 23.1 Å². The van der Waals surface area contributed by atoms with E-state index in [1.807, 2.05) is 0 Å². The van der Waals surface area contributed by atoms with Crippen LogP contribution in [-0.2, 0) is 10.4 Å². The molecule has 0 saturated heterocycles. The van der Waals surface area contributed by atoms with E-state index in [4.69, 9.17) is 0 Å². The fraction of sp³-hybridized carbons (Fsp3) is 0.364. The number of carbonyl (C=O) groups is 1. The number of fused-ring (bicyclic) bond motifs is 1. The molecule has 0 aliphatic carbocycles. The lowest BCUT2D eigenvalue weighted by Gasteiger charge is -2.24. The molecule has 1 aromatic rings. The van der Waals surface area contributed by atoms with Gasteiger partial charge in [-0.05, 0) is 12.1 Å². The van der Waals surface area contributed by atoms with Crippen molar-refractivity contribution in [2.24, 2.45) is 0 Å². The van der Waals surface area contributed by atoms with Crippen LogP contribution in [0.3, 0.4) is 0 Å². The Balaban J connectivity index is 2.58. The second-order valence-electron chi connectivity index (χ2n) is 4.29. The quantitative estimate of drug-likeness (QED) is 0.803. The maximum atomic E-state index is 12.8. The van der Waals surface area contributed by atoms with Crippen LogP contribution in [0, 0.1) is 0 Å². The van der Waals surface area contributed by atoms with Crippen LogP contribution in [0.1, 0.15) is 5.56 Å². The standard InChI is InChI=1S/C11H11F3N2O2/c1-16(2)6-3-4-7-8(5-6)15-9(17)10(7,18)11(12,13)14/h3-5,18H,1-2H3,(H,15,17)/t10-/m0/s1. The molecule has 0 spiro atoms. The summed E-state index contributed by atoms with van der Waals surface area (Å²) >= 11 is 0. The Kier molecular flexibility index (Phi) is 2.55. The normalized spacial score (nSPS) is 22.7. The van der Waals surface area contributed by atoms with Crippen molar-refractivity contribution in [1.82, 2.24) is 0 Å². The SMILES string of the molecule is CN(C)c1ccc2c(c1)NC(=O)[C@]2(O)C(F)(F)F. The molecular weight excluding hydrogens is 249 g/mol. The van der Waals surface area contributed by atoms with Gasteiger partial charge in [-0.2, -0.15) is 13.2 Å². The molecule has 2 rings (SSSR count). The average molecular weight is 260 g/mol. The summed E-state index contributed by atoms with van der Waals surface area (Å²) in [7, 11) is 3.43. The van der Waals surface area contributed by atoms with Crippen molar-refractivity contribution in [3.63, 3.8) is 0 Å². The summed E-state index contributed by atoms with van der Waals surface area (Å²) in [5.41, 5.74) is -3.33. The molecule has 1 atom stereocenters. The van der Waals surface area contributed by atoms with Gasteiger partial charge in [0.2, 0.25) is 0 Å². The van der Waals surface area contributed by atoms with E-state index in [0.29, 0.717) is 5.69 Å². The molecule has 0 aromatic heterocycles. The third-order valence-electron chi connectivity index (χ3n) is 2.90. The van der Waals surface area contributed by atoms with Crippen molar-refractivity contribution < 1.29 is 23.1 Å². The summed E-state index contributed by atoms with van der Waals surface area (Å²) < 4.78 is 38.4. The van der Waals surface area contributed by atoms with Gasteiger partial charge in [-0.1, -0.05) is 6.07 Å². The van der Waals surface area contributed by atoms with Crippen LogP contribution in [0.25, 0.3) is 0 Å². The molecule has 0 fully saturated rings. The molecule has 98 valence electrons. The zero-order chi connectivity index (χ0) is 13.7. The summed E-state index contributed by atoms with van der Waals surface area (Å²) in [4.78, 5) is 13.1. The highest BCUT2D eigenvalue weighted by atomic mass is 19.4. The molecule has 0 bridgehead atoms. The van der Waals surface area contributed by atoms with Gasteiger partial charge in [-0.15, -0.1) is 0 Å². The molecule has 1 aromatic carbocycles. The molecule has 1 aliphatic heterocycles. The lowest BCUT2D eigenvalue weighted by atomic mass is 9.94. The number of rotatable bonds is 1. The number of anilines is 2. The Morgan fingerprint density at radius 3 is 2.44 bits per heavy atom. The highest BCUT2D eigenvalue weighted by molar-refractivity contribution is 6.06. The molecule has 0 saturated carbocycles. The zero-order valence-corrected chi connectivity index (χ0v) is 9.67. The zero-order valence-electron chi connectivity index (χ0n) is 9.67. The molecule has 18 heavy (non-hydrogen) atoms. The predicted octanol–water partition coefficient (Wildman–Crippen LogP) is 1.45. The summed E-state index contributed by atoms with van der Waals surface area (Å²) in [5, 5.41) is 11.7. The Morgan fingerprint density at radius 2 is 1.94 bits per heavy atom. The molecular formula is C11H11F3N2O2. The first-order valence-corrected chi connectivity index (χ1v) is 5.10. The first-order chi connectivity index (χ1) is 8.18. The van der Waals surface area contributed by atoms with Crippen molar-refractivity contribution in [3.8, 4) is 0 Å². The summed E-state index contributed by atoms with van der Waals surface area (Å²) in [6.07, 6.45) is -5.05. The third kappa shape index (κ3) is 1.54. The highest BCUT2D eigenvalue weighted by Crippen LogP contribution is 2.47. The maximum Gasteiger partial charge on any atom is 0.430 e. The van der Waals surface area contributed by atoms with Crippen LogP contribution in [0.5, 0.6) is 0 Å². The molecule has 7 heteroatoms. The van der Waals surface area contributed by atoms with E-state index in [1.165, 1.54) is 12.1 Å². The Labute approximate surface area is 101 Å². The summed E-state index contributed by atoms with van der Waals surface area (Å²) in [6.45, 7) is 0. The summed E-state index contributed by atoms with van der Waals surface area (Å²) in [6, 6.07) is 3.91. The van der Waals surface area contributed by atoms with Crippen molar-refractivity contribution in [2.45, 2.75) is 11.8 Å². The van der Waals surface area contributed by atoms with Gasteiger partial charge in [0.15, 0.2) is 0 Å². The van der Waals surface area contributed by atoms with E-state index in [0.717, 1.165) is 6.07 Å². The first kappa shape index (κ1) is 12.7. The van der Waals surface area contributed by atoms with E-state index in [1.54, 1.807) is 19.0 Å². The molecule has 1 amide bonds. The monoisotopic (exact) mass is 260 g/mol. The highest BCUT2D eigenvalue weighted by Gasteiger charge is 2.64. The fourth-order valence-electron chi connectivity index (χ4n) is 1.85. The van der Waals surface area contributed by atoms with Crippen molar-refractivity contribution in [3.05, 3.63) is 23.8 Å². The molecule has 0 unspecified atom stereocenters. The van der Waals surface area contributed by atoms with Crippen molar-refractivity contribution >= 4 is 17.3 Å². The first-order valence-electron chi connectivity index (χ1n) is 5.10.